The zero-order valence-electron chi connectivity index (χ0n) is 11.4. The van der Waals surface area contributed by atoms with Gasteiger partial charge in [0.15, 0.2) is 0 Å². The minimum absolute atomic E-state index is 0.0492. The molecule has 4 heteroatoms. The van der Waals surface area contributed by atoms with Crippen molar-refractivity contribution in [1.82, 2.24) is 0 Å². The third-order valence-electron chi connectivity index (χ3n) is 2.78. The molecule has 0 saturated carbocycles. The van der Waals surface area contributed by atoms with Crippen LogP contribution in [0, 0.1) is 22.7 Å². The quantitative estimate of drug-likeness (QED) is 0.838. The maximum atomic E-state index is 9.22. The molecular formula is C17H12N2O2. The van der Waals surface area contributed by atoms with Crippen molar-refractivity contribution in [2.45, 2.75) is 6.92 Å². The molecule has 0 bridgehead atoms. The summed E-state index contributed by atoms with van der Waals surface area (Å²) in [4.78, 5) is 0. The zero-order valence-corrected chi connectivity index (χ0v) is 11.4. The van der Waals surface area contributed by atoms with E-state index < -0.39 is 0 Å². The lowest BCUT2D eigenvalue weighted by Crippen LogP contribution is -1.97. The van der Waals surface area contributed by atoms with Crippen molar-refractivity contribution in [3.8, 4) is 17.9 Å². The van der Waals surface area contributed by atoms with Crippen LogP contribution in [0.5, 0.6) is 5.75 Å². The number of nitriles is 2. The lowest BCUT2D eigenvalue weighted by Gasteiger charge is -2.13. The lowest BCUT2D eigenvalue weighted by molar-refractivity contribution is 0.318. The molecule has 21 heavy (non-hydrogen) atoms. The van der Waals surface area contributed by atoms with Crippen molar-refractivity contribution in [2.75, 3.05) is 0 Å². The summed E-state index contributed by atoms with van der Waals surface area (Å²) in [5.41, 5.74) is 1.48. The van der Waals surface area contributed by atoms with Gasteiger partial charge in [0, 0.05) is 5.57 Å². The molecule has 0 saturated heterocycles. The van der Waals surface area contributed by atoms with Gasteiger partial charge in [0.1, 0.15) is 35.0 Å². The minimum atomic E-state index is 0.0492. The molecule has 0 aliphatic carbocycles. The Morgan fingerprint density at radius 2 is 1.76 bits per heavy atom. The average molecular weight is 276 g/mol. The fourth-order valence-corrected chi connectivity index (χ4v) is 1.80. The summed E-state index contributed by atoms with van der Waals surface area (Å²) >= 11 is 0. The molecule has 1 aromatic carbocycles. The molecule has 1 aromatic rings. The van der Waals surface area contributed by atoms with Gasteiger partial charge in [-0.25, -0.2) is 0 Å². The van der Waals surface area contributed by atoms with Gasteiger partial charge in [-0.05, 0) is 42.8 Å². The molecule has 4 nitrogen and oxygen atoms in total. The Hall–Kier alpha value is -3.24. The van der Waals surface area contributed by atoms with Crippen molar-refractivity contribution in [2.24, 2.45) is 0 Å². The molecule has 0 atom stereocenters. The smallest absolute Gasteiger partial charge is 0.137 e. The Bertz CT molecular complexity index is 735. The van der Waals surface area contributed by atoms with Crippen molar-refractivity contribution in [3.63, 3.8) is 0 Å². The predicted molar refractivity (Wildman–Crippen MR) is 78.3 cm³/mol. The van der Waals surface area contributed by atoms with Crippen LogP contribution >= 0.6 is 0 Å². The van der Waals surface area contributed by atoms with E-state index in [1.165, 1.54) is 0 Å². The topological polar surface area (TPSA) is 77.0 Å². The van der Waals surface area contributed by atoms with Crippen LogP contribution in [-0.4, -0.2) is 5.11 Å². The van der Waals surface area contributed by atoms with Gasteiger partial charge in [0.05, 0.1) is 0 Å². The highest BCUT2D eigenvalue weighted by molar-refractivity contribution is 5.57. The standard InChI is InChI=1S/C17H12N2O2/c1-12-8-14(15(10-18)11-19)9-17(21-12)7-4-13-2-5-16(20)6-3-13/h2-9,20H,1H3. The SMILES string of the molecule is CC1=CC(=C(C#N)C#N)C=C(C=Cc2ccc(O)cc2)O1. The largest absolute Gasteiger partial charge is 0.508 e. The summed E-state index contributed by atoms with van der Waals surface area (Å²) < 4.78 is 5.53. The van der Waals surface area contributed by atoms with Crippen LogP contribution in [0.1, 0.15) is 12.5 Å². The summed E-state index contributed by atoms with van der Waals surface area (Å²) in [6, 6.07) is 10.5. The van der Waals surface area contributed by atoms with Gasteiger partial charge in [0.2, 0.25) is 0 Å². The van der Waals surface area contributed by atoms with Crippen LogP contribution in [0.3, 0.4) is 0 Å². The van der Waals surface area contributed by atoms with E-state index >= 15 is 0 Å². The molecule has 1 N–H and O–H groups in total. The average Bonchev–Trinajstić information content (AvgIpc) is 2.47. The van der Waals surface area contributed by atoms with Crippen LogP contribution in [-0.2, 0) is 4.74 Å². The van der Waals surface area contributed by atoms with Gasteiger partial charge in [-0.15, -0.1) is 0 Å². The monoisotopic (exact) mass is 276 g/mol. The van der Waals surface area contributed by atoms with Crippen molar-refractivity contribution < 1.29 is 9.84 Å². The Morgan fingerprint density at radius 1 is 1.10 bits per heavy atom. The first-order chi connectivity index (χ1) is 10.1. The van der Waals surface area contributed by atoms with E-state index in [2.05, 4.69) is 0 Å². The molecule has 0 radical (unpaired) electrons. The lowest BCUT2D eigenvalue weighted by atomic mass is 10.1. The molecule has 1 aliphatic heterocycles. The fraction of sp³-hybridized carbons (Fsp3) is 0.0588. The molecule has 0 aromatic heterocycles. The van der Waals surface area contributed by atoms with E-state index in [9.17, 15) is 5.11 Å². The van der Waals surface area contributed by atoms with Gasteiger partial charge in [-0.2, -0.15) is 10.5 Å². The van der Waals surface area contributed by atoms with Gasteiger partial charge in [-0.1, -0.05) is 18.2 Å². The predicted octanol–water partition coefficient (Wildman–Crippen LogP) is 3.57. The second-order valence-electron chi connectivity index (χ2n) is 4.38. The third kappa shape index (κ3) is 3.62. The molecule has 0 spiro atoms. The first-order valence-electron chi connectivity index (χ1n) is 6.22. The minimum Gasteiger partial charge on any atom is -0.508 e. The van der Waals surface area contributed by atoms with Crippen molar-refractivity contribution in [3.05, 3.63) is 70.7 Å². The Kier molecular flexibility index (Phi) is 4.23. The summed E-state index contributed by atoms with van der Waals surface area (Å²) in [5, 5.41) is 27.1. The second-order valence-corrected chi connectivity index (χ2v) is 4.38. The van der Waals surface area contributed by atoms with E-state index in [-0.39, 0.29) is 11.3 Å². The number of allylic oxidation sites excluding steroid dienone is 6. The molecule has 2 rings (SSSR count). The second kappa shape index (κ2) is 6.27. The Labute approximate surface area is 122 Å². The molecule has 102 valence electrons. The number of nitrogens with zero attached hydrogens (tertiary/aromatic N) is 2. The van der Waals surface area contributed by atoms with Crippen molar-refractivity contribution >= 4 is 6.08 Å². The number of phenolic OH excluding ortho intramolecular Hbond substituents is 1. The maximum Gasteiger partial charge on any atom is 0.137 e. The number of hydrogen-bond donors (Lipinski definition) is 1. The number of benzene rings is 1. The van der Waals surface area contributed by atoms with Gasteiger partial charge < -0.3 is 9.84 Å². The molecule has 1 heterocycles. The first-order valence-corrected chi connectivity index (χ1v) is 6.22. The highest BCUT2D eigenvalue weighted by atomic mass is 16.5. The summed E-state index contributed by atoms with van der Waals surface area (Å²) in [5.74, 6) is 1.36. The van der Waals surface area contributed by atoms with Gasteiger partial charge >= 0.3 is 0 Å². The van der Waals surface area contributed by atoms with Crippen LogP contribution < -0.4 is 0 Å². The highest BCUT2D eigenvalue weighted by Crippen LogP contribution is 2.22. The summed E-state index contributed by atoms with van der Waals surface area (Å²) in [6.45, 7) is 1.76. The normalized spacial score (nSPS) is 13.8. The van der Waals surface area contributed by atoms with Crippen LogP contribution in [0.25, 0.3) is 6.08 Å². The zero-order chi connectivity index (χ0) is 15.2. The molecule has 0 unspecified atom stereocenters. The van der Waals surface area contributed by atoms with E-state index in [1.54, 1.807) is 49.4 Å². The number of hydrogen-bond acceptors (Lipinski definition) is 4. The number of phenols is 1. The Morgan fingerprint density at radius 3 is 2.38 bits per heavy atom. The van der Waals surface area contributed by atoms with E-state index in [0.717, 1.165) is 5.56 Å². The highest BCUT2D eigenvalue weighted by Gasteiger charge is 2.10. The van der Waals surface area contributed by atoms with E-state index in [0.29, 0.717) is 17.1 Å². The number of aromatic hydroxyl groups is 1. The number of ether oxygens (including phenoxy) is 1. The van der Waals surface area contributed by atoms with Gasteiger partial charge in [0.25, 0.3) is 0 Å². The van der Waals surface area contributed by atoms with E-state index in [4.69, 9.17) is 15.3 Å². The van der Waals surface area contributed by atoms with E-state index in [1.807, 2.05) is 18.2 Å². The molecule has 1 aliphatic rings. The fourth-order valence-electron chi connectivity index (χ4n) is 1.80. The summed E-state index contributed by atoms with van der Waals surface area (Å²) in [7, 11) is 0. The van der Waals surface area contributed by atoms with Crippen LogP contribution in [0.4, 0.5) is 0 Å². The number of rotatable bonds is 2. The molecule has 0 amide bonds. The van der Waals surface area contributed by atoms with Gasteiger partial charge in [-0.3, -0.25) is 0 Å². The Balaban J connectivity index is 2.29. The third-order valence-corrected chi connectivity index (χ3v) is 2.78. The van der Waals surface area contributed by atoms with Crippen LogP contribution in [0.15, 0.2) is 65.2 Å². The maximum absolute atomic E-state index is 9.22. The van der Waals surface area contributed by atoms with Crippen LogP contribution in [0.2, 0.25) is 0 Å². The van der Waals surface area contributed by atoms with Crippen molar-refractivity contribution in [1.29, 1.82) is 10.5 Å². The molecule has 0 fully saturated rings. The first kappa shape index (κ1) is 14.2. The molecular weight excluding hydrogens is 264 g/mol. The summed E-state index contributed by atoms with van der Waals surface area (Å²) in [6.07, 6.45) is 6.86.